The van der Waals surface area contributed by atoms with Gasteiger partial charge in [0, 0.05) is 27.9 Å². The topological polar surface area (TPSA) is 4.93 Å². The minimum absolute atomic E-state index is 1.32. The molecule has 3 rings (SSSR count). The van der Waals surface area contributed by atoms with Crippen molar-refractivity contribution in [2.75, 3.05) is 0 Å². The third kappa shape index (κ3) is 1.18. The number of thiophene rings is 1. The second kappa shape index (κ2) is 2.72. The molecule has 2 heterocycles. The summed E-state index contributed by atoms with van der Waals surface area (Å²) < 4.78 is 3.45. The molecule has 0 saturated carbocycles. The van der Waals surface area contributed by atoms with Crippen LogP contribution in [-0.4, -0.2) is 2.78 Å². The monoisotopic (exact) mass is 299 g/mol. The van der Waals surface area contributed by atoms with Gasteiger partial charge in [-0.3, -0.25) is 2.78 Å². The van der Waals surface area contributed by atoms with E-state index >= 15 is 0 Å². The first-order valence-corrected chi connectivity index (χ1v) is 5.82. The summed E-state index contributed by atoms with van der Waals surface area (Å²) in [5, 5.41) is 6.13. The van der Waals surface area contributed by atoms with Gasteiger partial charge in [0.15, 0.2) is 0 Å². The van der Waals surface area contributed by atoms with Crippen molar-refractivity contribution < 1.29 is 0 Å². The number of fused-ring (bicyclic) bond motifs is 2. The highest BCUT2D eigenvalue weighted by Crippen LogP contribution is 2.27. The molecule has 0 bridgehead atoms. The lowest BCUT2D eigenvalue weighted by Crippen LogP contribution is -1.62. The molecule has 0 N–H and O–H groups in total. The van der Waals surface area contributed by atoms with Gasteiger partial charge in [-0.15, -0.1) is 11.3 Å². The average molecular weight is 299 g/mol. The zero-order valence-corrected chi connectivity index (χ0v) is 9.67. The van der Waals surface area contributed by atoms with Crippen LogP contribution in [0.4, 0.5) is 0 Å². The molecular weight excluding hydrogens is 293 g/mol. The minimum atomic E-state index is 1.32. The number of aromatic nitrogens is 1. The maximum atomic E-state index is 2.28. The fourth-order valence-corrected chi connectivity index (χ4v) is 2.99. The van der Waals surface area contributed by atoms with Crippen molar-refractivity contribution in [3.8, 4) is 0 Å². The molecule has 0 amide bonds. The quantitative estimate of drug-likeness (QED) is 0.552. The molecule has 0 spiro atoms. The highest BCUT2D eigenvalue weighted by Gasteiger charge is 2.00. The molecule has 1 aromatic carbocycles. The van der Waals surface area contributed by atoms with Crippen LogP contribution in [0.3, 0.4) is 0 Å². The Hall–Kier alpha value is -0.550. The summed E-state index contributed by atoms with van der Waals surface area (Å²) in [7, 11) is 0. The van der Waals surface area contributed by atoms with Gasteiger partial charge in [0.1, 0.15) is 0 Å². The Labute approximate surface area is 93.5 Å². The summed E-state index contributed by atoms with van der Waals surface area (Å²) >= 11 is 4.08. The lowest BCUT2D eigenvalue weighted by atomic mass is 10.2. The highest BCUT2D eigenvalue weighted by molar-refractivity contribution is 14.1. The van der Waals surface area contributed by atoms with Gasteiger partial charge in [0.05, 0.1) is 22.9 Å². The molecule has 0 aliphatic rings. The average Bonchev–Trinajstić information content (AvgIpc) is 2.63. The van der Waals surface area contributed by atoms with Gasteiger partial charge in [-0.25, -0.2) is 0 Å². The largest absolute Gasteiger partial charge is 0.296 e. The van der Waals surface area contributed by atoms with Gasteiger partial charge >= 0.3 is 0 Å². The van der Waals surface area contributed by atoms with E-state index in [0.717, 1.165) is 0 Å². The van der Waals surface area contributed by atoms with Crippen molar-refractivity contribution in [2.45, 2.75) is 0 Å². The fraction of sp³-hybridized carbons (Fsp3) is 0. The number of hydrogen-bond acceptors (Lipinski definition) is 1. The summed E-state index contributed by atoms with van der Waals surface area (Å²) in [6, 6.07) is 6.67. The maximum Gasteiger partial charge on any atom is 0.0634 e. The predicted molar refractivity (Wildman–Crippen MR) is 66.7 cm³/mol. The van der Waals surface area contributed by atoms with Crippen LogP contribution in [0.1, 0.15) is 0 Å². The zero-order valence-electron chi connectivity index (χ0n) is 6.70. The van der Waals surface area contributed by atoms with Crippen molar-refractivity contribution in [1.29, 1.82) is 0 Å². The van der Waals surface area contributed by atoms with Crippen LogP contribution in [0.25, 0.3) is 20.9 Å². The van der Waals surface area contributed by atoms with Crippen LogP contribution >= 0.6 is 34.2 Å². The van der Waals surface area contributed by atoms with E-state index in [0.29, 0.717) is 0 Å². The van der Waals surface area contributed by atoms with Crippen molar-refractivity contribution >= 4 is 55.1 Å². The summed E-state index contributed by atoms with van der Waals surface area (Å²) in [5.74, 6) is 0. The van der Waals surface area contributed by atoms with Gasteiger partial charge in [-0.1, -0.05) is 0 Å². The Morgan fingerprint density at radius 2 is 1.85 bits per heavy atom. The SMILES string of the molecule is In1cc2cc3ccsc3cc2c1. The molecule has 13 heavy (non-hydrogen) atoms. The molecule has 0 radical (unpaired) electrons. The maximum absolute atomic E-state index is 2.28. The third-order valence-electron chi connectivity index (χ3n) is 2.18. The fourth-order valence-electron chi connectivity index (χ4n) is 1.57. The molecule has 2 aromatic heterocycles. The Morgan fingerprint density at radius 3 is 2.69 bits per heavy atom. The first-order valence-electron chi connectivity index (χ1n) is 3.98. The first-order chi connectivity index (χ1) is 6.33. The van der Waals surface area contributed by atoms with Crippen molar-refractivity contribution in [3.63, 3.8) is 0 Å². The lowest BCUT2D eigenvalue weighted by Gasteiger charge is -1.89. The summed E-state index contributed by atoms with van der Waals surface area (Å²) in [6.45, 7) is 0. The molecule has 0 aliphatic heterocycles. The highest BCUT2D eigenvalue weighted by atomic mass is 127. The van der Waals surface area contributed by atoms with Gasteiger partial charge in [0.2, 0.25) is 0 Å². The first kappa shape index (κ1) is 7.82. The molecule has 0 unspecified atom stereocenters. The third-order valence-corrected chi connectivity index (χ3v) is 3.62. The summed E-state index contributed by atoms with van der Waals surface area (Å²) in [6.07, 6.45) is 4.29. The van der Waals surface area contributed by atoms with E-state index in [9.17, 15) is 0 Å². The summed E-state index contributed by atoms with van der Waals surface area (Å²) in [4.78, 5) is 0. The smallest absolute Gasteiger partial charge is 0.0634 e. The van der Waals surface area contributed by atoms with E-state index in [4.69, 9.17) is 0 Å². The molecule has 1 nitrogen and oxygen atoms in total. The normalized spacial score (nSPS) is 11.5. The number of hydrogen-bond donors (Lipinski definition) is 0. The van der Waals surface area contributed by atoms with Crippen LogP contribution < -0.4 is 0 Å². The van der Waals surface area contributed by atoms with E-state index in [-0.39, 0.29) is 0 Å². The lowest BCUT2D eigenvalue weighted by molar-refractivity contribution is 1.37. The molecule has 64 valence electrons. The van der Waals surface area contributed by atoms with Gasteiger partial charge in [-0.2, -0.15) is 0 Å². The van der Waals surface area contributed by atoms with Gasteiger partial charge in [0.25, 0.3) is 0 Å². The predicted octanol–water partition coefficient (Wildman–Crippen LogP) is 4.05. The van der Waals surface area contributed by atoms with E-state index in [1.807, 2.05) is 0 Å². The van der Waals surface area contributed by atoms with E-state index in [2.05, 4.69) is 61.6 Å². The van der Waals surface area contributed by atoms with E-state index in [1.54, 1.807) is 11.3 Å². The zero-order chi connectivity index (χ0) is 8.84. The van der Waals surface area contributed by atoms with Crippen molar-refractivity contribution in [1.82, 2.24) is 2.78 Å². The summed E-state index contributed by atoms with van der Waals surface area (Å²) in [5.41, 5.74) is 0. The number of benzene rings is 1. The van der Waals surface area contributed by atoms with Crippen LogP contribution in [0, 0.1) is 0 Å². The molecular formula is C10H6INS. The molecule has 3 aromatic rings. The van der Waals surface area contributed by atoms with E-state index in [1.165, 1.54) is 20.9 Å². The number of nitrogens with zero attached hydrogens (tertiary/aromatic N) is 1. The molecule has 0 saturated heterocycles. The van der Waals surface area contributed by atoms with Gasteiger partial charge < -0.3 is 0 Å². The molecule has 0 aliphatic carbocycles. The molecule has 0 atom stereocenters. The standard InChI is InChI=1S/C10H6INS/c11-12-5-8-3-7-1-2-13-10(7)4-9(8)6-12/h1-6H. The van der Waals surface area contributed by atoms with E-state index < -0.39 is 0 Å². The van der Waals surface area contributed by atoms with Gasteiger partial charge in [-0.05, 0) is 29.0 Å². The Kier molecular flexibility index (Phi) is 1.63. The second-order valence-corrected chi connectivity index (χ2v) is 5.10. The van der Waals surface area contributed by atoms with Crippen molar-refractivity contribution in [2.24, 2.45) is 0 Å². The second-order valence-electron chi connectivity index (χ2n) is 3.04. The van der Waals surface area contributed by atoms with Crippen LogP contribution in [0.5, 0.6) is 0 Å². The Morgan fingerprint density at radius 1 is 1.08 bits per heavy atom. The Balaban J connectivity index is 2.54. The Bertz CT molecular complexity index is 531. The molecule has 3 heteroatoms. The van der Waals surface area contributed by atoms with Crippen LogP contribution in [-0.2, 0) is 0 Å². The number of halogens is 1. The van der Waals surface area contributed by atoms with Crippen molar-refractivity contribution in [3.05, 3.63) is 36.0 Å². The number of rotatable bonds is 0. The van der Waals surface area contributed by atoms with Crippen LogP contribution in [0.2, 0.25) is 0 Å². The minimum Gasteiger partial charge on any atom is -0.296 e. The van der Waals surface area contributed by atoms with Crippen LogP contribution in [0.15, 0.2) is 36.0 Å². The molecule has 0 fully saturated rings.